The van der Waals surface area contributed by atoms with Gasteiger partial charge in [0.1, 0.15) is 11.5 Å². The number of halogens is 9. The summed E-state index contributed by atoms with van der Waals surface area (Å²) < 4.78 is 8.01. The second-order valence-electron chi connectivity index (χ2n) is 6.56. The van der Waals surface area contributed by atoms with Crippen LogP contribution in [0.2, 0.25) is 0 Å². The third-order valence-electron chi connectivity index (χ3n) is 4.01. The van der Waals surface area contributed by atoms with Crippen molar-refractivity contribution in [2.45, 2.75) is 30.8 Å². The van der Waals surface area contributed by atoms with Crippen LogP contribution < -0.4 is 9.47 Å². The first-order valence-corrected chi connectivity index (χ1v) is 12.7. The van der Waals surface area contributed by atoms with Crippen LogP contribution in [0, 0.1) is 0 Å². The zero-order valence-electron chi connectivity index (χ0n) is 17.8. The van der Waals surface area contributed by atoms with Crippen LogP contribution in [0.3, 0.4) is 0 Å². The number of ether oxygens (including phenoxy) is 3. The van der Waals surface area contributed by atoms with Gasteiger partial charge in [0.05, 0.1) is 5.56 Å². The van der Waals surface area contributed by atoms with E-state index in [0.29, 0.717) is 0 Å². The molecule has 0 bridgehead atoms. The van der Waals surface area contributed by atoms with Gasteiger partial charge in [0, 0.05) is 16.7 Å². The zero-order valence-corrected chi connectivity index (χ0v) is 24.6. The Labute approximate surface area is 251 Å². The molecule has 0 atom stereocenters. The molecule has 1 aromatic rings. The molecule has 1 rings (SSSR count). The van der Waals surface area contributed by atoms with Gasteiger partial charge in [0.2, 0.25) is 0 Å². The SMILES string of the molecule is C=CCc1c(OC(=O)C(Cl)(Cl)Cl)c(CC=C)c(C(=O)OC(Cl)(Cl)Cl)c(CC=C)c1OC(=O)C(Cl)(Cl)Cl. The molecule has 0 aliphatic heterocycles. The van der Waals surface area contributed by atoms with Crippen molar-refractivity contribution in [2.24, 2.45) is 0 Å². The van der Waals surface area contributed by atoms with Gasteiger partial charge in [-0.05, 0) is 54.1 Å². The molecule has 0 saturated carbocycles. The number of hydrogen-bond donors (Lipinski definition) is 0. The molecule has 6 nitrogen and oxygen atoms in total. The third-order valence-corrected chi connectivity index (χ3v) is 5.17. The Morgan fingerprint density at radius 2 is 0.972 bits per heavy atom. The van der Waals surface area contributed by atoms with Crippen LogP contribution >= 0.6 is 104 Å². The highest BCUT2D eigenvalue weighted by molar-refractivity contribution is 6.76. The lowest BCUT2D eigenvalue weighted by Crippen LogP contribution is -2.29. The molecule has 0 aliphatic carbocycles. The van der Waals surface area contributed by atoms with E-state index in [1.54, 1.807) is 0 Å². The lowest BCUT2D eigenvalue weighted by molar-refractivity contribution is -0.133. The van der Waals surface area contributed by atoms with Crippen LogP contribution in [0.25, 0.3) is 0 Å². The number of alkyl halides is 9. The number of carbonyl (C=O) groups is 3. The molecule has 0 spiro atoms. The highest BCUT2D eigenvalue weighted by atomic mass is 35.6. The maximum atomic E-state index is 13.2. The molecule has 0 heterocycles. The Morgan fingerprint density at radius 3 is 1.25 bits per heavy atom. The van der Waals surface area contributed by atoms with Crippen molar-refractivity contribution in [1.29, 1.82) is 0 Å². The monoisotopic (exact) mass is 678 g/mol. The zero-order chi connectivity index (χ0) is 28.1. The van der Waals surface area contributed by atoms with Crippen LogP contribution in [0.15, 0.2) is 38.0 Å². The molecule has 0 saturated heterocycles. The van der Waals surface area contributed by atoms with Gasteiger partial charge in [-0.2, -0.15) is 0 Å². The summed E-state index contributed by atoms with van der Waals surface area (Å²) in [5.41, 5.74) is -0.383. The van der Waals surface area contributed by atoms with Crippen molar-refractivity contribution in [2.75, 3.05) is 0 Å². The fourth-order valence-corrected chi connectivity index (χ4v) is 3.28. The standard InChI is InChI=1S/C21H15Cl9O6/c1-4-7-10-13(16(31)36-21(28,29)30)11(8-5-2)15(35-18(33)20(25,26)27)12(9-6-3)14(10)34-17(32)19(22,23)24/h4-6H,1-3,7-9H2. The van der Waals surface area contributed by atoms with Crippen LogP contribution in [0.1, 0.15) is 27.0 Å². The summed E-state index contributed by atoms with van der Waals surface area (Å²) in [5, 5.41) is 0. The van der Waals surface area contributed by atoms with E-state index >= 15 is 0 Å². The fraction of sp³-hybridized carbons (Fsp3) is 0.286. The molecule has 0 radical (unpaired) electrons. The molecule has 0 aromatic heterocycles. The van der Waals surface area contributed by atoms with Crippen LogP contribution in [-0.4, -0.2) is 29.5 Å². The van der Waals surface area contributed by atoms with E-state index < -0.39 is 29.5 Å². The molecular weight excluding hydrogens is 667 g/mol. The molecule has 0 unspecified atom stereocenters. The van der Waals surface area contributed by atoms with E-state index in [2.05, 4.69) is 19.7 Å². The van der Waals surface area contributed by atoms with Gasteiger partial charge in [0.15, 0.2) is 0 Å². The van der Waals surface area contributed by atoms with Gasteiger partial charge in [-0.15, -0.1) is 19.7 Å². The van der Waals surface area contributed by atoms with Crippen molar-refractivity contribution >= 4 is 122 Å². The Morgan fingerprint density at radius 1 is 0.639 bits per heavy atom. The quantitative estimate of drug-likeness (QED) is 0.114. The second-order valence-corrected chi connectivity index (χ2v) is 13.3. The minimum absolute atomic E-state index is 0.00525. The summed E-state index contributed by atoms with van der Waals surface area (Å²) in [6, 6.07) is 0. The van der Waals surface area contributed by atoms with E-state index in [0.717, 1.165) is 0 Å². The van der Waals surface area contributed by atoms with Crippen LogP contribution in [0.4, 0.5) is 0 Å². The number of hydrogen-bond acceptors (Lipinski definition) is 6. The van der Waals surface area contributed by atoms with Crippen molar-refractivity contribution in [3.8, 4) is 11.5 Å². The minimum Gasteiger partial charge on any atom is -0.423 e. The van der Waals surface area contributed by atoms with Gasteiger partial charge in [-0.1, -0.05) is 87.8 Å². The average Bonchev–Trinajstić information content (AvgIpc) is 2.70. The van der Waals surface area contributed by atoms with E-state index in [9.17, 15) is 14.4 Å². The first kappa shape index (κ1) is 33.5. The fourth-order valence-electron chi connectivity index (χ4n) is 2.83. The maximum absolute atomic E-state index is 13.2. The smallest absolute Gasteiger partial charge is 0.363 e. The molecule has 0 aliphatic rings. The van der Waals surface area contributed by atoms with E-state index in [1.807, 2.05) is 0 Å². The van der Waals surface area contributed by atoms with E-state index in [1.165, 1.54) is 18.2 Å². The first-order valence-electron chi connectivity index (χ1n) is 9.30. The topological polar surface area (TPSA) is 78.9 Å². The Balaban J connectivity index is 4.28. The lowest BCUT2D eigenvalue weighted by Gasteiger charge is -2.25. The van der Waals surface area contributed by atoms with Gasteiger partial charge in [-0.3, -0.25) is 0 Å². The number of esters is 3. The Kier molecular flexibility index (Phi) is 12.6. The van der Waals surface area contributed by atoms with Crippen molar-refractivity contribution in [3.05, 3.63) is 60.2 Å². The van der Waals surface area contributed by atoms with Crippen molar-refractivity contribution < 1.29 is 28.6 Å². The lowest BCUT2D eigenvalue weighted by atomic mass is 9.89. The third kappa shape index (κ3) is 9.33. The van der Waals surface area contributed by atoms with Crippen LogP contribution in [0.5, 0.6) is 11.5 Å². The molecular formula is C21H15Cl9O6. The van der Waals surface area contributed by atoms with Gasteiger partial charge in [-0.25, -0.2) is 14.4 Å². The Bertz CT molecular complexity index is 1000. The Hall–Kier alpha value is -0.540. The highest BCUT2D eigenvalue weighted by Crippen LogP contribution is 2.44. The summed E-state index contributed by atoms with van der Waals surface area (Å²) in [7, 11) is 0. The van der Waals surface area contributed by atoms with Gasteiger partial charge in [0.25, 0.3) is 7.59 Å². The van der Waals surface area contributed by atoms with Crippen LogP contribution in [-0.2, 0) is 33.6 Å². The largest absolute Gasteiger partial charge is 0.423 e. The number of benzene rings is 1. The van der Waals surface area contributed by atoms with Gasteiger partial charge >= 0.3 is 21.9 Å². The first-order chi connectivity index (χ1) is 16.4. The summed E-state index contributed by atoms with van der Waals surface area (Å²) in [6.07, 6.45) is 3.72. The highest BCUT2D eigenvalue weighted by Gasteiger charge is 2.40. The normalized spacial score (nSPS) is 11.9. The summed E-state index contributed by atoms with van der Waals surface area (Å²) >= 11 is 50.9. The molecule has 15 heteroatoms. The summed E-state index contributed by atoms with van der Waals surface area (Å²) in [5.74, 6) is -4.66. The maximum Gasteiger partial charge on any atom is 0.363 e. The predicted molar refractivity (Wildman–Crippen MR) is 146 cm³/mol. The van der Waals surface area contributed by atoms with Gasteiger partial charge < -0.3 is 14.2 Å². The molecule has 1 aromatic carbocycles. The number of rotatable bonds is 9. The van der Waals surface area contributed by atoms with E-state index in [-0.39, 0.29) is 53.0 Å². The number of carbonyl (C=O) groups excluding carboxylic acids is 3. The second kappa shape index (κ2) is 13.5. The number of allylic oxidation sites excluding steroid dienone is 3. The molecule has 0 fully saturated rings. The average molecular weight is 682 g/mol. The molecule has 0 amide bonds. The predicted octanol–water partition coefficient (Wildman–Crippen LogP) is 7.91. The van der Waals surface area contributed by atoms with Crippen molar-refractivity contribution in [3.63, 3.8) is 0 Å². The van der Waals surface area contributed by atoms with E-state index in [4.69, 9.17) is 119 Å². The summed E-state index contributed by atoms with van der Waals surface area (Å²) in [6.45, 7) is 10.9. The summed E-state index contributed by atoms with van der Waals surface area (Å²) in [4.78, 5) is 38.2. The minimum atomic E-state index is -2.54. The molecule has 198 valence electrons. The van der Waals surface area contributed by atoms with Crippen molar-refractivity contribution in [1.82, 2.24) is 0 Å². The molecule has 36 heavy (non-hydrogen) atoms. The molecule has 0 N–H and O–H groups in total.